The van der Waals surface area contributed by atoms with Crippen LogP contribution in [0.4, 0.5) is 10.8 Å². The monoisotopic (exact) mass is 396 g/mol. The van der Waals surface area contributed by atoms with E-state index in [0.29, 0.717) is 10.7 Å². The Kier molecular flexibility index (Phi) is 6.23. The zero-order chi connectivity index (χ0) is 19.9. The van der Waals surface area contributed by atoms with Gasteiger partial charge in [-0.25, -0.2) is 4.98 Å². The van der Waals surface area contributed by atoms with E-state index in [2.05, 4.69) is 20.9 Å². The molecule has 28 heavy (non-hydrogen) atoms. The molecule has 1 aromatic heterocycles. The summed E-state index contributed by atoms with van der Waals surface area (Å²) in [4.78, 5) is 28.1. The first kappa shape index (κ1) is 19.4. The molecular formula is C20H20N4O3S. The van der Waals surface area contributed by atoms with Crippen molar-refractivity contribution in [3.05, 3.63) is 59.5 Å². The Morgan fingerprint density at radius 1 is 1.07 bits per heavy atom. The van der Waals surface area contributed by atoms with Crippen LogP contribution in [0.25, 0.3) is 11.3 Å². The molecule has 144 valence electrons. The molecule has 2 aromatic carbocycles. The average molecular weight is 396 g/mol. The fraction of sp³-hybridized carbons (Fsp3) is 0.150. The lowest BCUT2D eigenvalue weighted by Gasteiger charge is -2.06. The van der Waals surface area contributed by atoms with Gasteiger partial charge in [-0.1, -0.05) is 0 Å². The van der Waals surface area contributed by atoms with Gasteiger partial charge in [-0.3, -0.25) is 14.9 Å². The molecule has 1 heterocycles. The van der Waals surface area contributed by atoms with E-state index in [9.17, 15) is 9.59 Å². The zero-order valence-corrected chi connectivity index (χ0v) is 16.3. The molecule has 0 saturated carbocycles. The lowest BCUT2D eigenvalue weighted by atomic mass is 10.2. The molecule has 0 aliphatic carbocycles. The molecule has 8 heteroatoms. The molecule has 0 fully saturated rings. The number of nitrogens with zero attached hydrogens (tertiary/aromatic N) is 1. The Morgan fingerprint density at radius 3 is 2.43 bits per heavy atom. The highest BCUT2D eigenvalue weighted by atomic mass is 32.1. The Bertz CT molecular complexity index is 952. The van der Waals surface area contributed by atoms with Crippen molar-refractivity contribution in [1.82, 2.24) is 10.3 Å². The van der Waals surface area contributed by atoms with E-state index in [1.54, 1.807) is 38.4 Å². The van der Waals surface area contributed by atoms with Crippen LogP contribution in [0.1, 0.15) is 10.4 Å². The number of likely N-dealkylation sites (N-methyl/N-ethyl adjacent to an activating group) is 1. The number of rotatable bonds is 7. The number of benzene rings is 2. The van der Waals surface area contributed by atoms with Crippen LogP contribution >= 0.6 is 11.3 Å². The third kappa shape index (κ3) is 4.86. The van der Waals surface area contributed by atoms with Gasteiger partial charge in [0.25, 0.3) is 5.91 Å². The van der Waals surface area contributed by atoms with Crippen molar-refractivity contribution in [2.24, 2.45) is 0 Å². The third-order valence-corrected chi connectivity index (χ3v) is 4.75. The van der Waals surface area contributed by atoms with E-state index >= 15 is 0 Å². The van der Waals surface area contributed by atoms with Gasteiger partial charge < -0.3 is 15.4 Å². The summed E-state index contributed by atoms with van der Waals surface area (Å²) in [5.41, 5.74) is 3.00. The second-order valence-corrected chi connectivity index (χ2v) is 6.68. The Hall–Kier alpha value is -3.39. The van der Waals surface area contributed by atoms with Gasteiger partial charge in [0.15, 0.2) is 5.13 Å². The quantitative estimate of drug-likeness (QED) is 0.570. The van der Waals surface area contributed by atoms with E-state index in [-0.39, 0.29) is 18.4 Å². The van der Waals surface area contributed by atoms with Crippen molar-refractivity contribution in [3.8, 4) is 17.0 Å². The summed E-state index contributed by atoms with van der Waals surface area (Å²) in [7, 11) is 3.20. The molecule has 0 unspecified atom stereocenters. The summed E-state index contributed by atoms with van der Waals surface area (Å²) in [5.74, 6) is 0.424. The predicted molar refractivity (Wildman–Crippen MR) is 111 cm³/mol. The summed E-state index contributed by atoms with van der Waals surface area (Å²) < 4.78 is 5.15. The van der Waals surface area contributed by atoms with E-state index < -0.39 is 0 Å². The minimum absolute atomic E-state index is 0.113. The Labute approximate surface area is 166 Å². The number of hydrogen-bond acceptors (Lipinski definition) is 6. The molecule has 0 saturated heterocycles. The van der Waals surface area contributed by atoms with Crippen LogP contribution in [-0.4, -0.2) is 37.5 Å². The van der Waals surface area contributed by atoms with Crippen LogP contribution in [-0.2, 0) is 4.79 Å². The number of thiazole rings is 1. The fourth-order valence-corrected chi connectivity index (χ4v) is 3.12. The van der Waals surface area contributed by atoms with Gasteiger partial charge in [-0.05, 0) is 48.5 Å². The average Bonchev–Trinajstić information content (AvgIpc) is 3.20. The largest absolute Gasteiger partial charge is 0.497 e. The number of ether oxygens (including phenoxy) is 1. The summed E-state index contributed by atoms with van der Waals surface area (Å²) in [6.07, 6.45) is 0. The first-order valence-electron chi connectivity index (χ1n) is 8.55. The summed E-state index contributed by atoms with van der Waals surface area (Å²) in [6, 6.07) is 14.5. The maximum atomic E-state index is 12.4. The highest BCUT2D eigenvalue weighted by Gasteiger charge is 2.10. The van der Waals surface area contributed by atoms with Crippen molar-refractivity contribution in [1.29, 1.82) is 0 Å². The molecule has 0 bridgehead atoms. The summed E-state index contributed by atoms with van der Waals surface area (Å²) >= 11 is 1.36. The van der Waals surface area contributed by atoms with Gasteiger partial charge in [0.2, 0.25) is 5.91 Å². The zero-order valence-electron chi connectivity index (χ0n) is 15.5. The number of hydrogen-bond donors (Lipinski definition) is 3. The third-order valence-electron chi connectivity index (χ3n) is 3.99. The Morgan fingerprint density at radius 2 is 1.79 bits per heavy atom. The topological polar surface area (TPSA) is 92.4 Å². The van der Waals surface area contributed by atoms with Crippen molar-refractivity contribution >= 4 is 34.0 Å². The van der Waals surface area contributed by atoms with Crippen LogP contribution in [0.3, 0.4) is 0 Å². The number of anilines is 2. The smallest absolute Gasteiger partial charge is 0.257 e. The molecule has 0 spiro atoms. The fourth-order valence-electron chi connectivity index (χ4n) is 2.40. The van der Waals surface area contributed by atoms with Gasteiger partial charge in [0.05, 0.1) is 19.3 Å². The van der Waals surface area contributed by atoms with Crippen molar-refractivity contribution in [2.45, 2.75) is 0 Å². The second kappa shape index (κ2) is 9.01. The van der Waals surface area contributed by atoms with Gasteiger partial charge in [-0.15, -0.1) is 11.3 Å². The van der Waals surface area contributed by atoms with Gasteiger partial charge >= 0.3 is 0 Å². The normalized spacial score (nSPS) is 10.2. The van der Waals surface area contributed by atoms with Crippen molar-refractivity contribution in [3.63, 3.8) is 0 Å². The molecule has 0 aliphatic heterocycles. The highest BCUT2D eigenvalue weighted by molar-refractivity contribution is 7.14. The van der Waals surface area contributed by atoms with E-state index in [1.165, 1.54) is 11.3 Å². The predicted octanol–water partition coefficient (Wildman–Crippen LogP) is 3.23. The SMILES string of the molecule is CNC(=O)CNc1ccc(C(=O)Nc2nc(-c3ccc(OC)cc3)cs2)cc1. The standard InChI is InChI=1S/C20H20N4O3S/c1-21-18(25)11-22-15-7-3-14(4-8-15)19(26)24-20-23-17(12-28-20)13-5-9-16(27-2)10-6-13/h3-10,12,22H,11H2,1-2H3,(H,21,25)(H,23,24,26). The molecule has 0 aliphatic rings. The molecule has 3 N–H and O–H groups in total. The summed E-state index contributed by atoms with van der Waals surface area (Å²) in [6.45, 7) is 0.176. The lowest BCUT2D eigenvalue weighted by molar-refractivity contribution is -0.118. The molecular weight excluding hydrogens is 376 g/mol. The van der Waals surface area contributed by atoms with Crippen molar-refractivity contribution < 1.29 is 14.3 Å². The van der Waals surface area contributed by atoms with Crippen LogP contribution in [0, 0.1) is 0 Å². The number of amides is 2. The molecule has 3 rings (SSSR count). The number of carbonyl (C=O) groups excluding carboxylic acids is 2. The van der Waals surface area contributed by atoms with Crippen LogP contribution in [0.5, 0.6) is 5.75 Å². The number of nitrogens with one attached hydrogen (secondary N) is 3. The van der Waals surface area contributed by atoms with E-state index in [4.69, 9.17) is 4.74 Å². The van der Waals surface area contributed by atoms with E-state index in [1.807, 2.05) is 29.6 Å². The number of carbonyl (C=O) groups is 2. The molecule has 2 amide bonds. The minimum atomic E-state index is -0.242. The van der Waals surface area contributed by atoms with Gasteiger partial charge in [-0.2, -0.15) is 0 Å². The van der Waals surface area contributed by atoms with Gasteiger partial charge in [0, 0.05) is 29.2 Å². The number of methoxy groups -OCH3 is 1. The van der Waals surface area contributed by atoms with Crippen molar-refractivity contribution in [2.75, 3.05) is 31.3 Å². The minimum Gasteiger partial charge on any atom is -0.497 e. The van der Waals surface area contributed by atoms with Crippen LogP contribution < -0.4 is 20.7 Å². The maximum absolute atomic E-state index is 12.4. The Balaban J connectivity index is 1.61. The van der Waals surface area contributed by atoms with E-state index in [0.717, 1.165) is 22.7 Å². The van der Waals surface area contributed by atoms with Crippen LogP contribution in [0.15, 0.2) is 53.9 Å². The van der Waals surface area contributed by atoms with Gasteiger partial charge in [0.1, 0.15) is 5.75 Å². The molecule has 7 nitrogen and oxygen atoms in total. The summed E-state index contributed by atoms with van der Waals surface area (Å²) in [5, 5.41) is 10.7. The second-order valence-electron chi connectivity index (χ2n) is 5.82. The highest BCUT2D eigenvalue weighted by Crippen LogP contribution is 2.26. The number of aromatic nitrogens is 1. The first-order chi connectivity index (χ1) is 13.6. The maximum Gasteiger partial charge on any atom is 0.257 e. The first-order valence-corrected chi connectivity index (χ1v) is 9.43. The molecule has 0 radical (unpaired) electrons. The lowest BCUT2D eigenvalue weighted by Crippen LogP contribution is -2.26. The molecule has 0 atom stereocenters. The van der Waals surface area contributed by atoms with Crippen LogP contribution in [0.2, 0.25) is 0 Å². The molecule has 3 aromatic rings.